The molecule has 0 spiro atoms. The van der Waals surface area contributed by atoms with Gasteiger partial charge >= 0.3 is 5.97 Å². The van der Waals surface area contributed by atoms with Gasteiger partial charge in [0.25, 0.3) is 5.91 Å². The molecule has 1 aromatic carbocycles. The zero-order valence-corrected chi connectivity index (χ0v) is 14.6. The summed E-state index contributed by atoms with van der Waals surface area (Å²) in [6, 6.07) is 9.41. The van der Waals surface area contributed by atoms with Gasteiger partial charge in [0.1, 0.15) is 11.3 Å². The first-order chi connectivity index (χ1) is 12.5. The van der Waals surface area contributed by atoms with Crippen LogP contribution >= 0.6 is 0 Å². The molecule has 2 aliphatic rings. The molecule has 1 aliphatic heterocycles. The molecule has 0 atom stereocenters. The highest BCUT2D eigenvalue weighted by molar-refractivity contribution is 6.40. The van der Waals surface area contributed by atoms with E-state index in [2.05, 4.69) is 10.4 Å². The van der Waals surface area contributed by atoms with E-state index in [1.807, 2.05) is 30.3 Å². The normalized spacial score (nSPS) is 19.6. The minimum atomic E-state index is -1.22. The second-order valence-electron chi connectivity index (χ2n) is 6.89. The topological polar surface area (TPSA) is 99.1 Å². The first-order valence-electron chi connectivity index (χ1n) is 8.98. The summed E-state index contributed by atoms with van der Waals surface area (Å²) in [4.78, 5) is 36.5. The number of nitrogens with one attached hydrogen (secondary N) is 1. The molecule has 0 unspecified atom stereocenters. The van der Waals surface area contributed by atoms with Crippen molar-refractivity contribution in [3.05, 3.63) is 35.9 Å². The third-order valence-corrected chi connectivity index (χ3v) is 5.01. The summed E-state index contributed by atoms with van der Waals surface area (Å²) in [7, 11) is 0. The number of carboxylic acids is 1. The summed E-state index contributed by atoms with van der Waals surface area (Å²) in [6.45, 7) is 0.292. The number of carboxylic acid groups (broad SMARTS) is 1. The number of rotatable bonds is 5. The van der Waals surface area contributed by atoms with Crippen LogP contribution in [-0.4, -0.2) is 39.1 Å². The SMILES string of the molecule is O=C(NC1(C(=O)O)CCCCC1)C1=NN(Cc2ccccc2)C(=O)CC1. The van der Waals surface area contributed by atoms with Crippen molar-refractivity contribution in [2.75, 3.05) is 0 Å². The van der Waals surface area contributed by atoms with Crippen LogP contribution in [0.4, 0.5) is 0 Å². The molecule has 1 aromatic rings. The van der Waals surface area contributed by atoms with E-state index in [-0.39, 0.29) is 24.5 Å². The van der Waals surface area contributed by atoms with Gasteiger partial charge in [-0.15, -0.1) is 0 Å². The maximum atomic E-state index is 12.6. The van der Waals surface area contributed by atoms with Crippen molar-refractivity contribution in [3.8, 4) is 0 Å². The third kappa shape index (κ3) is 3.92. The predicted octanol–water partition coefficient (Wildman–Crippen LogP) is 2.07. The molecule has 1 saturated carbocycles. The molecule has 0 saturated heterocycles. The van der Waals surface area contributed by atoms with Gasteiger partial charge in [0.2, 0.25) is 5.91 Å². The molecule has 2 N–H and O–H groups in total. The van der Waals surface area contributed by atoms with Gasteiger partial charge in [0.05, 0.1) is 6.54 Å². The van der Waals surface area contributed by atoms with Crippen LogP contribution in [0.3, 0.4) is 0 Å². The smallest absolute Gasteiger partial charge is 0.329 e. The largest absolute Gasteiger partial charge is 0.480 e. The Balaban J connectivity index is 1.74. The quantitative estimate of drug-likeness (QED) is 0.843. The van der Waals surface area contributed by atoms with Crippen LogP contribution < -0.4 is 5.32 Å². The molecular weight excluding hydrogens is 334 g/mol. The van der Waals surface area contributed by atoms with E-state index in [9.17, 15) is 19.5 Å². The number of hydrogen-bond donors (Lipinski definition) is 2. The Hall–Kier alpha value is -2.70. The molecule has 0 bridgehead atoms. The number of nitrogens with zero attached hydrogens (tertiary/aromatic N) is 2. The standard InChI is InChI=1S/C19H23N3O4/c23-16-10-9-15(21-22(16)13-14-7-3-1-4-8-14)17(24)20-19(18(25)26)11-5-2-6-12-19/h1,3-4,7-8H,2,5-6,9-13H2,(H,20,24)(H,25,26). The van der Waals surface area contributed by atoms with Crippen molar-refractivity contribution >= 4 is 23.5 Å². The van der Waals surface area contributed by atoms with Crippen LogP contribution in [-0.2, 0) is 20.9 Å². The summed E-state index contributed by atoms with van der Waals surface area (Å²) in [6.07, 6.45) is 3.80. The Morgan fingerprint density at radius 1 is 1.12 bits per heavy atom. The Labute approximate surface area is 152 Å². The summed E-state index contributed by atoms with van der Waals surface area (Å²) in [5.74, 6) is -1.63. The van der Waals surface area contributed by atoms with Crippen LogP contribution in [0.1, 0.15) is 50.5 Å². The van der Waals surface area contributed by atoms with Crippen LogP contribution in [0.15, 0.2) is 35.4 Å². The number of carbonyl (C=O) groups excluding carboxylic acids is 2. The fourth-order valence-electron chi connectivity index (χ4n) is 3.48. The zero-order valence-electron chi connectivity index (χ0n) is 14.6. The molecule has 0 radical (unpaired) electrons. The van der Waals surface area contributed by atoms with Gasteiger partial charge in [-0.3, -0.25) is 9.59 Å². The molecule has 26 heavy (non-hydrogen) atoms. The molecule has 0 aromatic heterocycles. The van der Waals surface area contributed by atoms with Crippen LogP contribution in [0.5, 0.6) is 0 Å². The van der Waals surface area contributed by atoms with Gasteiger partial charge in [-0.1, -0.05) is 49.6 Å². The van der Waals surface area contributed by atoms with Crippen LogP contribution in [0, 0.1) is 0 Å². The minimum Gasteiger partial charge on any atom is -0.480 e. The molecule has 7 nitrogen and oxygen atoms in total. The van der Waals surface area contributed by atoms with Gasteiger partial charge in [-0.25, -0.2) is 9.80 Å². The van der Waals surface area contributed by atoms with Crippen molar-refractivity contribution in [2.24, 2.45) is 5.10 Å². The highest BCUT2D eigenvalue weighted by atomic mass is 16.4. The van der Waals surface area contributed by atoms with Crippen molar-refractivity contribution < 1.29 is 19.5 Å². The zero-order chi connectivity index (χ0) is 18.6. The Morgan fingerprint density at radius 2 is 1.81 bits per heavy atom. The number of benzene rings is 1. The molecular formula is C19H23N3O4. The number of hydrogen-bond acceptors (Lipinski definition) is 4. The lowest BCUT2D eigenvalue weighted by atomic mass is 9.81. The van der Waals surface area contributed by atoms with E-state index < -0.39 is 17.4 Å². The number of hydrazone groups is 1. The molecule has 1 fully saturated rings. The lowest BCUT2D eigenvalue weighted by molar-refractivity contribution is -0.148. The average molecular weight is 357 g/mol. The predicted molar refractivity (Wildman–Crippen MR) is 95.3 cm³/mol. The number of aliphatic carboxylic acids is 1. The van der Waals surface area contributed by atoms with Gasteiger partial charge in [-0.05, 0) is 18.4 Å². The monoisotopic (exact) mass is 357 g/mol. The highest BCUT2D eigenvalue weighted by Gasteiger charge is 2.42. The molecule has 2 amide bonds. The maximum absolute atomic E-state index is 12.6. The highest BCUT2D eigenvalue weighted by Crippen LogP contribution is 2.28. The molecule has 7 heteroatoms. The fourth-order valence-corrected chi connectivity index (χ4v) is 3.48. The van der Waals surface area contributed by atoms with Crippen molar-refractivity contribution in [1.82, 2.24) is 10.3 Å². The van der Waals surface area contributed by atoms with E-state index in [4.69, 9.17) is 0 Å². The first-order valence-corrected chi connectivity index (χ1v) is 8.98. The average Bonchev–Trinajstić information content (AvgIpc) is 2.65. The van der Waals surface area contributed by atoms with Crippen molar-refractivity contribution in [1.29, 1.82) is 0 Å². The van der Waals surface area contributed by atoms with Gasteiger partial charge in [0, 0.05) is 12.8 Å². The van der Waals surface area contributed by atoms with Crippen LogP contribution in [0.25, 0.3) is 0 Å². The van der Waals surface area contributed by atoms with Crippen molar-refractivity contribution in [3.63, 3.8) is 0 Å². The Bertz CT molecular complexity index is 724. The Morgan fingerprint density at radius 3 is 2.46 bits per heavy atom. The van der Waals surface area contributed by atoms with E-state index in [0.717, 1.165) is 24.8 Å². The van der Waals surface area contributed by atoms with E-state index in [1.54, 1.807) is 0 Å². The molecule has 1 heterocycles. The van der Waals surface area contributed by atoms with Gasteiger partial charge in [-0.2, -0.15) is 5.10 Å². The maximum Gasteiger partial charge on any atom is 0.329 e. The summed E-state index contributed by atoms with van der Waals surface area (Å²) in [5, 5.41) is 17.8. The number of amides is 2. The second-order valence-corrected chi connectivity index (χ2v) is 6.89. The summed E-state index contributed by atoms with van der Waals surface area (Å²) >= 11 is 0. The van der Waals surface area contributed by atoms with E-state index in [1.165, 1.54) is 5.01 Å². The Kier molecular flexibility index (Phi) is 5.35. The molecule has 1 aliphatic carbocycles. The van der Waals surface area contributed by atoms with E-state index >= 15 is 0 Å². The third-order valence-electron chi connectivity index (χ3n) is 5.01. The molecule has 3 rings (SSSR count). The second kappa shape index (κ2) is 7.68. The van der Waals surface area contributed by atoms with Crippen molar-refractivity contribution in [2.45, 2.75) is 57.0 Å². The lowest BCUT2D eigenvalue weighted by Crippen LogP contribution is -2.57. The number of carbonyl (C=O) groups is 3. The van der Waals surface area contributed by atoms with Crippen LogP contribution in [0.2, 0.25) is 0 Å². The first kappa shape index (κ1) is 18.1. The summed E-state index contributed by atoms with van der Waals surface area (Å²) in [5.41, 5.74) is -0.0869. The lowest BCUT2D eigenvalue weighted by Gasteiger charge is -2.34. The van der Waals surface area contributed by atoms with Gasteiger partial charge in [0.15, 0.2) is 0 Å². The molecule has 138 valence electrons. The fraction of sp³-hybridized carbons (Fsp3) is 0.474. The van der Waals surface area contributed by atoms with Gasteiger partial charge < -0.3 is 10.4 Å². The minimum absolute atomic E-state index is 0.143. The summed E-state index contributed by atoms with van der Waals surface area (Å²) < 4.78 is 0. The van der Waals surface area contributed by atoms with E-state index in [0.29, 0.717) is 19.4 Å².